The lowest BCUT2D eigenvalue weighted by Gasteiger charge is -2.36. The zero-order valence-electron chi connectivity index (χ0n) is 16.5. The molecular formula is C22H30N4O. The standard InChI is InChI=1S/C22H30N4O/c1-3-12-26(13-4-2)22(27)19-10-11-23-21(18-19)25-16-14-24(15-17-25)20-8-6-5-7-9-20/h5-11,18H,3-4,12-17H2,1-2H3. The molecule has 0 unspecified atom stereocenters. The van der Waals surface area contributed by atoms with Crippen LogP contribution >= 0.6 is 0 Å². The summed E-state index contributed by atoms with van der Waals surface area (Å²) in [5.41, 5.74) is 2.01. The summed E-state index contributed by atoms with van der Waals surface area (Å²) in [6.07, 6.45) is 3.72. The highest BCUT2D eigenvalue weighted by Crippen LogP contribution is 2.20. The summed E-state index contributed by atoms with van der Waals surface area (Å²) < 4.78 is 0. The summed E-state index contributed by atoms with van der Waals surface area (Å²) in [5.74, 6) is 1.02. The number of amides is 1. The second-order valence-electron chi connectivity index (χ2n) is 7.00. The molecule has 0 bridgehead atoms. The van der Waals surface area contributed by atoms with Gasteiger partial charge in [-0.3, -0.25) is 4.79 Å². The topological polar surface area (TPSA) is 39.7 Å². The van der Waals surface area contributed by atoms with Gasteiger partial charge in [-0.1, -0.05) is 32.0 Å². The normalized spacial score (nSPS) is 14.3. The molecule has 144 valence electrons. The fraction of sp³-hybridized carbons (Fsp3) is 0.455. The quantitative estimate of drug-likeness (QED) is 0.750. The fourth-order valence-electron chi connectivity index (χ4n) is 3.59. The number of pyridine rings is 1. The molecule has 3 rings (SSSR count). The van der Waals surface area contributed by atoms with Gasteiger partial charge in [0.15, 0.2) is 0 Å². The molecule has 0 radical (unpaired) electrons. The number of carbonyl (C=O) groups excluding carboxylic acids is 1. The second kappa shape index (κ2) is 9.40. The Morgan fingerprint density at radius 3 is 2.22 bits per heavy atom. The van der Waals surface area contributed by atoms with Crippen LogP contribution in [-0.4, -0.2) is 55.1 Å². The fourth-order valence-corrected chi connectivity index (χ4v) is 3.59. The summed E-state index contributed by atoms with van der Waals surface area (Å²) in [4.78, 5) is 24.0. The van der Waals surface area contributed by atoms with Crippen molar-refractivity contribution >= 4 is 17.4 Å². The highest BCUT2D eigenvalue weighted by molar-refractivity contribution is 5.94. The Labute approximate surface area is 162 Å². The number of piperazine rings is 1. The van der Waals surface area contributed by atoms with E-state index in [4.69, 9.17) is 0 Å². The molecule has 0 spiro atoms. The van der Waals surface area contributed by atoms with E-state index in [2.05, 4.69) is 52.9 Å². The van der Waals surface area contributed by atoms with Gasteiger partial charge in [0.1, 0.15) is 5.82 Å². The lowest BCUT2D eigenvalue weighted by molar-refractivity contribution is 0.0755. The number of para-hydroxylation sites is 1. The Kier molecular flexibility index (Phi) is 6.69. The van der Waals surface area contributed by atoms with Crippen molar-refractivity contribution in [3.8, 4) is 0 Å². The average molecular weight is 367 g/mol. The number of hydrogen-bond donors (Lipinski definition) is 0. The minimum absolute atomic E-state index is 0.116. The monoisotopic (exact) mass is 366 g/mol. The predicted molar refractivity (Wildman–Crippen MR) is 112 cm³/mol. The molecule has 0 saturated carbocycles. The van der Waals surface area contributed by atoms with Crippen molar-refractivity contribution in [2.45, 2.75) is 26.7 Å². The van der Waals surface area contributed by atoms with Crippen molar-refractivity contribution in [3.05, 3.63) is 54.2 Å². The minimum Gasteiger partial charge on any atom is -0.368 e. The Bertz CT molecular complexity index is 720. The first-order valence-electron chi connectivity index (χ1n) is 10.0. The van der Waals surface area contributed by atoms with Crippen LogP contribution in [0.3, 0.4) is 0 Å². The number of nitrogens with zero attached hydrogens (tertiary/aromatic N) is 4. The molecule has 1 aliphatic rings. The van der Waals surface area contributed by atoms with Crippen LogP contribution in [0.25, 0.3) is 0 Å². The Morgan fingerprint density at radius 1 is 0.963 bits per heavy atom. The summed E-state index contributed by atoms with van der Waals surface area (Å²) in [7, 11) is 0. The molecule has 2 aromatic rings. The smallest absolute Gasteiger partial charge is 0.254 e. The SMILES string of the molecule is CCCN(CCC)C(=O)c1ccnc(N2CCN(c3ccccc3)CC2)c1. The molecule has 27 heavy (non-hydrogen) atoms. The van der Waals surface area contributed by atoms with Crippen molar-refractivity contribution in [3.63, 3.8) is 0 Å². The number of hydrogen-bond acceptors (Lipinski definition) is 4. The number of rotatable bonds is 7. The summed E-state index contributed by atoms with van der Waals surface area (Å²) >= 11 is 0. The number of aromatic nitrogens is 1. The van der Waals surface area contributed by atoms with E-state index < -0.39 is 0 Å². The molecule has 1 aromatic heterocycles. The first kappa shape index (κ1) is 19.2. The van der Waals surface area contributed by atoms with Crippen molar-refractivity contribution in [1.82, 2.24) is 9.88 Å². The van der Waals surface area contributed by atoms with Gasteiger partial charge >= 0.3 is 0 Å². The van der Waals surface area contributed by atoms with Crippen molar-refractivity contribution < 1.29 is 4.79 Å². The van der Waals surface area contributed by atoms with Gasteiger partial charge in [-0.25, -0.2) is 4.98 Å². The van der Waals surface area contributed by atoms with E-state index in [0.717, 1.165) is 63.5 Å². The van der Waals surface area contributed by atoms with Crippen LogP contribution in [0.15, 0.2) is 48.7 Å². The van der Waals surface area contributed by atoms with E-state index in [0.29, 0.717) is 0 Å². The lowest BCUT2D eigenvalue weighted by Crippen LogP contribution is -2.46. The van der Waals surface area contributed by atoms with E-state index in [1.54, 1.807) is 6.20 Å². The summed E-state index contributed by atoms with van der Waals surface area (Å²) in [5, 5.41) is 0. The van der Waals surface area contributed by atoms with Gasteiger partial charge in [0.25, 0.3) is 5.91 Å². The Morgan fingerprint density at radius 2 is 1.59 bits per heavy atom. The zero-order valence-corrected chi connectivity index (χ0v) is 16.5. The molecule has 1 amide bonds. The third-order valence-electron chi connectivity index (χ3n) is 4.99. The van der Waals surface area contributed by atoms with Crippen LogP contribution in [0.5, 0.6) is 0 Å². The predicted octanol–water partition coefficient (Wildman–Crippen LogP) is 3.67. The Hall–Kier alpha value is -2.56. The van der Waals surface area contributed by atoms with Crippen LogP contribution in [0, 0.1) is 0 Å². The number of benzene rings is 1. The highest BCUT2D eigenvalue weighted by atomic mass is 16.2. The van der Waals surface area contributed by atoms with Crippen molar-refractivity contribution in [1.29, 1.82) is 0 Å². The van der Waals surface area contributed by atoms with E-state index in [9.17, 15) is 4.79 Å². The third-order valence-corrected chi connectivity index (χ3v) is 4.99. The Balaban J connectivity index is 1.66. The largest absolute Gasteiger partial charge is 0.368 e. The van der Waals surface area contributed by atoms with Gasteiger partial charge in [0.2, 0.25) is 0 Å². The number of carbonyl (C=O) groups is 1. The van der Waals surface area contributed by atoms with Crippen LogP contribution < -0.4 is 9.80 Å². The number of anilines is 2. The maximum absolute atomic E-state index is 12.9. The lowest BCUT2D eigenvalue weighted by atomic mass is 10.2. The van der Waals surface area contributed by atoms with Crippen molar-refractivity contribution in [2.24, 2.45) is 0 Å². The van der Waals surface area contributed by atoms with Gasteiger partial charge in [-0.2, -0.15) is 0 Å². The van der Waals surface area contributed by atoms with E-state index >= 15 is 0 Å². The molecule has 0 N–H and O–H groups in total. The van der Waals surface area contributed by atoms with Crippen LogP contribution in [0.2, 0.25) is 0 Å². The molecule has 1 saturated heterocycles. The molecule has 5 heteroatoms. The summed E-state index contributed by atoms with van der Waals surface area (Å²) in [6, 6.07) is 14.3. The molecule has 0 aliphatic carbocycles. The van der Waals surface area contributed by atoms with E-state index in [1.807, 2.05) is 23.1 Å². The zero-order chi connectivity index (χ0) is 19.1. The van der Waals surface area contributed by atoms with Gasteiger partial charge in [0, 0.05) is 56.7 Å². The maximum atomic E-state index is 12.9. The molecule has 1 fully saturated rings. The molecule has 1 aromatic carbocycles. The van der Waals surface area contributed by atoms with Gasteiger partial charge < -0.3 is 14.7 Å². The second-order valence-corrected chi connectivity index (χ2v) is 7.00. The molecule has 2 heterocycles. The van der Waals surface area contributed by atoms with E-state index in [-0.39, 0.29) is 5.91 Å². The molecule has 1 aliphatic heterocycles. The molecule has 5 nitrogen and oxygen atoms in total. The van der Waals surface area contributed by atoms with Crippen molar-refractivity contribution in [2.75, 3.05) is 49.1 Å². The van der Waals surface area contributed by atoms with Crippen LogP contribution in [0.1, 0.15) is 37.0 Å². The maximum Gasteiger partial charge on any atom is 0.254 e. The molecular weight excluding hydrogens is 336 g/mol. The first-order chi connectivity index (χ1) is 13.2. The summed E-state index contributed by atoms with van der Waals surface area (Å²) in [6.45, 7) is 9.57. The first-order valence-corrected chi connectivity index (χ1v) is 10.0. The highest BCUT2D eigenvalue weighted by Gasteiger charge is 2.20. The average Bonchev–Trinajstić information content (AvgIpc) is 2.74. The minimum atomic E-state index is 0.116. The van der Waals surface area contributed by atoms with Gasteiger partial charge in [-0.05, 0) is 37.1 Å². The van der Waals surface area contributed by atoms with Crippen LogP contribution in [0.4, 0.5) is 11.5 Å². The van der Waals surface area contributed by atoms with Crippen LogP contribution in [-0.2, 0) is 0 Å². The third kappa shape index (κ3) is 4.79. The van der Waals surface area contributed by atoms with Gasteiger partial charge in [0.05, 0.1) is 0 Å². The van der Waals surface area contributed by atoms with Gasteiger partial charge in [-0.15, -0.1) is 0 Å². The molecule has 0 atom stereocenters. The van der Waals surface area contributed by atoms with E-state index in [1.165, 1.54) is 5.69 Å².